The van der Waals surface area contributed by atoms with Gasteiger partial charge in [-0.05, 0) is 55.2 Å². The second kappa shape index (κ2) is 16.6. The Kier molecular flexibility index (Phi) is 11.8. The van der Waals surface area contributed by atoms with Crippen LogP contribution in [-0.4, -0.2) is 88.9 Å². The van der Waals surface area contributed by atoms with E-state index in [0.29, 0.717) is 16.7 Å². The fourth-order valence-corrected chi connectivity index (χ4v) is 9.76. The van der Waals surface area contributed by atoms with E-state index in [4.69, 9.17) is 28.4 Å². The van der Waals surface area contributed by atoms with Crippen LogP contribution < -0.4 is 0 Å². The maximum atomic E-state index is 15.2. The molecule has 2 bridgehead atoms. The van der Waals surface area contributed by atoms with Crippen molar-refractivity contribution >= 4 is 29.8 Å². The largest absolute Gasteiger partial charge is 0.509 e. The van der Waals surface area contributed by atoms with Gasteiger partial charge in [0.15, 0.2) is 11.9 Å². The highest BCUT2D eigenvalue weighted by Gasteiger charge is 2.72. The minimum atomic E-state index is -2.14. The molecule has 3 fully saturated rings. The van der Waals surface area contributed by atoms with Crippen LogP contribution in [0.3, 0.4) is 0 Å². The molecule has 3 aromatic carbocycles. The SMILES string of the molecule is CC(=O)OC1C(=O)C2(C)C(O)CC3OCC3C2C(OC(=O)c2ccccc2)C2(O)C[C@H](OC(=O)[C@@H](Cc3ccccc3)OC(=O)OCc3ccc(C)cc3)C(C)=C1C2(C)C. The second-order valence-electron chi connectivity index (χ2n) is 17.2. The van der Waals surface area contributed by atoms with Crippen molar-refractivity contribution < 1.29 is 62.6 Å². The molecule has 3 aliphatic carbocycles. The predicted octanol–water partition coefficient (Wildman–Crippen LogP) is 5.79. The molecule has 13 nitrogen and oxygen atoms in total. The van der Waals surface area contributed by atoms with E-state index in [0.717, 1.165) is 12.5 Å². The third kappa shape index (κ3) is 7.74. The lowest BCUT2D eigenvalue weighted by atomic mass is 9.46. The van der Waals surface area contributed by atoms with Crippen LogP contribution in [0.4, 0.5) is 4.79 Å². The van der Waals surface area contributed by atoms with Crippen LogP contribution in [-0.2, 0) is 55.8 Å². The molecular formula is C47H52O13. The molecule has 2 N–H and O–H groups in total. The Bertz CT molecular complexity index is 2150. The van der Waals surface area contributed by atoms with Crippen molar-refractivity contribution in [2.24, 2.45) is 22.7 Å². The lowest BCUT2D eigenvalue weighted by Crippen LogP contribution is -2.75. The highest BCUT2D eigenvalue weighted by atomic mass is 16.7. The lowest BCUT2D eigenvalue weighted by Gasteiger charge is -2.64. The number of Topliss-reactive ketones (excluding diaryl/α,β-unsaturated/α-hetero) is 1. The predicted molar refractivity (Wildman–Crippen MR) is 214 cm³/mol. The van der Waals surface area contributed by atoms with Crippen molar-refractivity contribution in [1.82, 2.24) is 0 Å². The first-order chi connectivity index (χ1) is 28.4. The third-order valence-electron chi connectivity index (χ3n) is 13.3. The van der Waals surface area contributed by atoms with Crippen molar-refractivity contribution in [1.29, 1.82) is 0 Å². The number of esters is 3. The number of rotatable bonds is 10. The van der Waals surface area contributed by atoms with Gasteiger partial charge in [-0.2, -0.15) is 0 Å². The molecule has 1 heterocycles. The number of carbonyl (C=O) groups excluding carboxylic acids is 5. The summed E-state index contributed by atoms with van der Waals surface area (Å²) >= 11 is 0. The number of carbonyl (C=O) groups is 5. The number of hydrogen-bond acceptors (Lipinski definition) is 13. The van der Waals surface area contributed by atoms with Crippen LogP contribution in [0.15, 0.2) is 96.1 Å². The molecule has 1 saturated heterocycles. The molecule has 0 radical (unpaired) electrons. The molecule has 318 valence electrons. The van der Waals surface area contributed by atoms with E-state index in [2.05, 4.69) is 0 Å². The third-order valence-corrected chi connectivity index (χ3v) is 13.3. The Morgan fingerprint density at radius 2 is 1.52 bits per heavy atom. The first kappa shape index (κ1) is 42.7. The zero-order chi connectivity index (χ0) is 43.1. The quantitative estimate of drug-likeness (QED) is 0.143. The normalized spacial score (nSPS) is 30.8. The molecule has 4 aliphatic rings. The summed E-state index contributed by atoms with van der Waals surface area (Å²) in [5.74, 6) is -4.72. The Hall–Kier alpha value is -5.37. The standard InChI is InChI=1S/C47H52O13/c1-26-17-19-30(20-18-26)24-56-44(53)59-34(21-29-13-9-7-10-14-29)43(52)58-35-23-47(54)41(60-42(51)31-15-11-8-12-16-31)38-32-25-55-33(32)22-36(49)46(38,6)40(50)39(57-28(3)48)37(27(35)2)45(47,4)5/h7-20,32-36,38-39,41,49,54H,21-25H2,1-6H3/t32?,33?,34-,35+,36?,38?,39?,41?,46?,47?/m1/s1. The molecule has 1 aliphatic heterocycles. The molecule has 7 rings (SSSR count). The number of hydrogen-bond donors (Lipinski definition) is 2. The Morgan fingerprint density at radius 1 is 0.867 bits per heavy atom. The van der Waals surface area contributed by atoms with Gasteiger partial charge >= 0.3 is 24.1 Å². The Labute approximate surface area is 348 Å². The van der Waals surface area contributed by atoms with Gasteiger partial charge in [0.1, 0.15) is 24.4 Å². The van der Waals surface area contributed by atoms with E-state index in [9.17, 15) is 29.4 Å². The molecule has 8 unspecified atom stereocenters. The van der Waals surface area contributed by atoms with Crippen molar-refractivity contribution in [3.05, 3.63) is 118 Å². The van der Waals surface area contributed by atoms with Gasteiger partial charge in [0.2, 0.25) is 6.10 Å². The Balaban J connectivity index is 1.30. The minimum Gasteiger partial charge on any atom is -0.455 e. The number of benzene rings is 3. The van der Waals surface area contributed by atoms with Crippen LogP contribution in [0.2, 0.25) is 0 Å². The van der Waals surface area contributed by atoms with Gasteiger partial charge in [-0.3, -0.25) is 9.59 Å². The monoisotopic (exact) mass is 824 g/mol. The second-order valence-corrected chi connectivity index (χ2v) is 17.2. The molecule has 2 saturated carbocycles. The molecular weight excluding hydrogens is 773 g/mol. The zero-order valence-electron chi connectivity index (χ0n) is 34.6. The average molecular weight is 825 g/mol. The summed E-state index contributed by atoms with van der Waals surface area (Å²) in [6, 6.07) is 24.4. The first-order valence-electron chi connectivity index (χ1n) is 20.3. The fourth-order valence-electron chi connectivity index (χ4n) is 9.76. The van der Waals surface area contributed by atoms with Gasteiger partial charge in [0.05, 0.1) is 29.8 Å². The van der Waals surface area contributed by atoms with Gasteiger partial charge in [0, 0.05) is 43.4 Å². The minimum absolute atomic E-state index is 0.0892. The van der Waals surface area contributed by atoms with Crippen LogP contribution in [0.25, 0.3) is 0 Å². The number of fused-ring (bicyclic) bond motifs is 5. The van der Waals surface area contributed by atoms with Crippen LogP contribution in [0.1, 0.15) is 74.5 Å². The van der Waals surface area contributed by atoms with E-state index < -0.39 is 94.7 Å². The van der Waals surface area contributed by atoms with Crippen LogP contribution >= 0.6 is 0 Å². The fraction of sp³-hybridized carbons (Fsp3) is 0.468. The zero-order valence-corrected chi connectivity index (χ0v) is 34.6. The van der Waals surface area contributed by atoms with Gasteiger partial charge in [-0.1, -0.05) is 92.2 Å². The van der Waals surface area contributed by atoms with Gasteiger partial charge < -0.3 is 38.6 Å². The lowest BCUT2D eigenvalue weighted by molar-refractivity contribution is -0.277. The van der Waals surface area contributed by atoms with Crippen molar-refractivity contribution in [2.45, 2.75) is 110 Å². The van der Waals surface area contributed by atoms with E-state index in [1.807, 2.05) is 19.1 Å². The number of aryl methyl sites for hydroxylation is 1. The van der Waals surface area contributed by atoms with Gasteiger partial charge in [-0.15, -0.1) is 0 Å². The summed E-state index contributed by atoms with van der Waals surface area (Å²) in [4.78, 5) is 69.8. The van der Waals surface area contributed by atoms with Crippen molar-refractivity contribution in [3.8, 4) is 0 Å². The number of ether oxygens (including phenoxy) is 6. The topological polar surface area (TPSA) is 181 Å². The number of ketones is 1. The Morgan fingerprint density at radius 3 is 2.13 bits per heavy atom. The summed E-state index contributed by atoms with van der Waals surface area (Å²) in [6.07, 6.45) is -9.29. The van der Waals surface area contributed by atoms with E-state index in [-0.39, 0.29) is 43.6 Å². The maximum Gasteiger partial charge on any atom is 0.509 e. The molecule has 3 aromatic rings. The maximum absolute atomic E-state index is 15.2. The van der Waals surface area contributed by atoms with E-state index in [1.54, 1.807) is 100 Å². The molecule has 0 amide bonds. The van der Waals surface area contributed by atoms with Gasteiger partial charge in [0.25, 0.3) is 0 Å². The van der Waals surface area contributed by atoms with Crippen molar-refractivity contribution in [2.75, 3.05) is 6.61 Å². The molecule has 0 spiro atoms. The average Bonchev–Trinajstić information content (AvgIpc) is 3.21. The summed E-state index contributed by atoms with van der Waals surface area (Å²) in [7, 11) is 0. The molecule has 60 heavy (non-hydrogen) atoms. The van der Waals surface area contributed by atoms with Crippen molar-refractivity contribution in [3.63, 3.8) is 0 Å². The summed E-state index contributed by atoms with van der Waals surface area (Å²) in [6.45, 7) is 9.63. The molecule has 0 aromatic heterocycles. The summed E-state index contributed by atoms with van der Waals surface area (Å²) < 4.78 is 35.4. The van der Waals surface area contributed by atoms with Gasteiger partial charge in [-0.25, -0.2) is 14.4 Å². The smallest absolute Gasteiger partial charge is 0.455 e. The molecule has 10 atom stereocenters. The number of aliphatic hydroxyl groups excluding tert-OH is 1. The van der Waals surface area contributed by atoms with Crippen LogP contribution in [0, 0.1) is 29.6 Å². The first-order valence-corrected chi connectivity index (χ1v) is 20.3. The van der Waals surface area contributed by atoms with E-state index >= 15 is 4.79 Å². The van der Waals surface area contributed by atoms with E-state index in [1.165, 1.54) is 0 Å². The summed E-state index contributed by atoms with van der Waals surface area (Å²) in [5.41, 5.74) is -2.34. The summed E-state index contributed by atoms with van der Waals surface area (Å²) in [5, 5.41) is 25.4. The van der Waals surface area contributed by atoms with Crippen LogP contribution in [0.5, 0.6) is 0 Å². The highest BCUT2D eigenvalue weighted by molar-refractivity contribution is 5.95. The highest BCUT2D eigenvalue weighted by Crippen LogP contribution is 2.62. The molecule has 13 heteroatoms. The number of aliphatic hydroxyl groups is 2.